The summed E-state index contributed by atoms with van der Waals surface area (Å²) in [5, 5.41) is 3.02. The Hall–Kier alpha value is -1.68. The standard InChI is InChI=1S/C11H9ClN2O2/c1-6(15)14-9-3-2-8-7(10(9)12)4-5-13-11(8)16/h2-3,5H,4H2,1H3,(H,14,15). The number of fused-ring (bicyclic) bond motifs is 1. The van der Waals surface area contributed by atoms with E-state index >= 15 is 0 Å². The van der Waals surface area contributed by atoms with Crippen LogP contribution in [0.3, 0.4) is 0 Å². The molecule has 4 nitrogen and oxygen atoms in total. The monoisotopic (exact) mass is 236 g/mol. The van der Waals surface area contributed by atoms with Crippen LogP contribution in [0.1, 0.15) is 22.8 Å². The molecule has 16 heavy (non-hydrogen) atoms. The summed E-state index contributed by atoms with van der Waals surface area (Å²) in [6, 6.07) is 3.24. The summed E-state index contributed by atoms with van der Waals surface area (Å²) < 4.78 is 0. The van der Waals surface area contributed by atoms with E-state index in [0.717, 1.165) is 0 Å². The van der Waals surface area contributed by atoms with Gasteiger partial charge in [-0.15, -0.1) is 0 Å². The minimum absolute atomic E-state index is 0.197. The fourth-order valence-electron chi connectivity index (χ4n) is 1.60. The molecule has 0 saturated heterocycles. The van der Waals surface area contributed by atoms with Gasteiger partial charge in [0.15, 0.2) is 0 Å². The lowest BCUT2D eigenvalue weighted by Gasteiger charge is -2.14. The van der Waals surface area contributed by atoms with Crippen molar-refractivity contribution in [3.63, 3.8) is 0 Å². The average molecular weight is 237 g/mol. The summed E-state index contributed by atoms with van der Waals surface area (Å²) in [7, 11) is 0. The van der Waals surface area contributed by atoms with Crippen LogP contribution in [0.4, 0.5) is 5.69 Å². The van der Waals surface area contributed by atoms with Gasteiger partial charge in [0.2, 0.25) is 5.91 Å². The van der Waals surface area contributed by atoms with E-state index in [1.54, 1.807) is 12.1 Å². The van der Waals surface area contributed by atoms with Crippen LogP contribution >= 0.6 is 11.6 Å². The van der Waals surface area contributed by atoms with Gasteiger partial charge in [-0.3, -0.25) is 9.59 Å². The van der Waals surface area contributed by atoms with Crippen molar-refractivity contribution in [1.29, 1.82) is 0 Å². The van der Waals surface area contributed by atoms with Crippen molar-refractivity contribution in [1.82, 2.24) is 0 Å². The van der Waals surface area contributed by atoms with E-state index in [2.05, 4.69) is 10.3 Å². The topological polar surface area (TPSA) is 58.5 Å². The minimum Gasteiger partial charge on any atom is -0.325 e. The molecule has 2 rings (SSSR count). The Morgan fingerprint density at radius 3 is 2.94 bits per heavy atom. The van der Waals surface area contributed by atoms with E-state index in [-0.39, 0.29) is 11.8 Å². The molecule has 0 atom stereocenters. The lowest BCUT2D eigenvalue weighted by atomic mass is 10.0. The molecule has 1 N–H and O–H groups in total. The average Bonchev–Trinajstić information content (AvgIpc) is 2.23. The lowest BCUT2D eigenvalue weighted by molar-refractivity contribution is -0.114. The predicted octanol–water partition coefficient (Wildman–Crippen LogP) is 2.07. The van der Waals surface area contributed by atoms with E-state index in [4.69, 9.17) is 11.6 Å². The van der Waals surface area contributed by atoms with Gasteiger partial charge < -0.3 is 5.32 Å². The smallest absolute Gasteiger partial charge is 0.276 e. The molecule has 1 aliphatic rings. The molecule has 0 saturated carbocycles. The highest BCUT2D eigenvalue weighted by Gasteiger charge is 2.19. The molecule has 0 unspecified atom stereocenters. The molecule has 0 spiro atoms. The van der Waals surface area contributed by atoms with Crippen LogP contribution in [0.5, 0.6) is 0 Å². The van der Waals surface area contributed by atoms with Gasteiger partial charge in [-0.2, -0.15) is 0 Å². The Morgan fingerprint density at radius 2 is 2.25 bits per heavy atom. The van der Waals surface area contributed by atoms with Crippen molar-refractivity contribution in [2.75, 3.05) is 5.32 Å². The van der Waals surface area contributed by atoms with E-state index < -0.39 is 0 Å². The molecule has 1 aromatic carbocycles. The van der Waals surface area contributed by atoms with Crippen LogP contribution in [0, 0.1) is 0 Å². The van der Waals surface area contributed by atoms with E-state index in [1.807, 2.05) is 0 Å². The van der Waals surface area contributed by atoms with Crippen LogP contribution in [0.2, 0.25) is 5.02 Å². The van der Waals surface area contributed by atoms with Gasteiger partial charge in [0.1, 0.15) is 0 Å². The number of hydrogen-bond acceptors (Lipinski definition) is 2. The number of hydrogen-bond donors (Lipinski definition) is 1. The largest absolute Gasteiger partial charge is 0.325 e. The van der Waals surface area contributed by atoms with E-state index in [0.29, 0.717) is 28.3 Å². The maximum Gasteiger partial charge on any atom is 0.276 e. The number of anilines is 1. The van der Waals surface area contributed by atoms with Crippen LogP contribution in [-0.2, 0) is 11.2 Å². The van der Waals surface area contributed by atoms with E-state index in [1.165, 1.54) is 13.1 Å². The summed E-state index contributed by atoms with van der Waals surface area (Å²) in [6.45, 7) is 1.41. The van der Waals surface area contributed by atoms with Gasteiger partial charge in [-0.05, 0) is 17.7 Å². The fraction of sp³-hybridized carbons (Fsp3) is 0.182. The van der Waals surface area contributed by atoms with E-state index in [9.17, 15) is 9.59 Å². The fourth-order valence-corrected chi connectivity index (χ4v) is 1.89. The number of amides is 2. The SMILES string of the molecule is CC(=O)Nc1ccc2c(c1Cl)CC=NC2=O. The number of rotatable bonds is 1. The molecule has 0 fully saturated rings. The maximum absolute atomic E-state index is 11.4. The summed E-state index contributed by atoms with van der Waals surface area (Å²) in [5.74, 6) is -0.491. The maximum atomic E-state index is 11.4. The first-order valence-corrected chi connectivity index (χ1v) is 5.13. The van der Waals surface area contributed by atoms with Crippen LogP contribution < -0.4 is 5.32 Å². The number of aliphatic imine (C=N–C) groups is 1. The second kappa shape index (κ2) is 4.06. The zero-order chi connectivity index (χ0) is 11.7. The zero-order valence-corrected chi connectivity index (χ0v) is 9.34. The number of nitrogens with zero attached hydrogens (tertiary/aromatic N) is 1. The van der Waals surface area contributed by atoms with Crippen molar-refractivity contribution in [2.24, 2.45) is 4.99 Å². The summed E-state index contributed by atoms with van der Waals surface area (Å²) in [5.41, 5.74) is 1.74. The third-order valence-corrected chi connectivity index (χ3v) is 2.72. The molecular formula is C11H9ClN2O2. The van der Waals surface area contributed by atoms with Crippen molar-refractivity contribution in [3.8, 4) is 0 Å². The molecule has 1 aliphatic heterocycles. The number of carbonyl (C=O) groups excluding carboxylic acids is 2. The van der Waals surface area contributed by atoms with Crippen LogP contribution in [-0.4, -0.2) is 18.0 Å². The Morgan fingerprint density at radius 1 is 1.50 bits per heavy atom. The zero-order valence-electron chi connectivity index (χ0n) is 8.58. The highest BCUT2D eigenvalue weighted by Crippen LogP contribution is 2.30. The molecule has 1 heterocycles. The molecule has 5 heteroatoms. The first kappa shape index (κ1) is 10.8. The Kier molecular flexibility index (Phi) is 2.75. The molecule has 0 bridgehead atoms. The summed E-state index contributed by atoms with van der Waals surface area (Å²) in [6.07, 6.45) is 2.03. The lowest BCUT2D eigenvalue weighted by Crippen LogP contribution is -2.12. The molecule has 1 aromatic rings. The summed E-state index contributed by atoms with van der Waals surface area (Å²) in [4.78, 5) is 26.1. The number of benzene rings is 1. The molecule has 0 aromatic heterocycles. The molecule has 0 radical (unpaired) electrons. The normalized spacial score (nSPS) is 13.5. The number of carbonyl (C=O) groups is 2. The van der Waals surface area contributed by atoms with Crippen molar-refractivity contribution in [3.05, 3.63) is 28.3 Å². The second-order valence-corrected chi connectivity index (χ2v) is 3.83. The Balaban J connectivity index is 2.49. The van der Waals surface area contributed by atoms with Gasteiger partial charge in [-0.25, -0.2) is 4.99 Å². The van der Waals surface area contributed by atoms with Crippen molar-refractivity contribution >= 4 is 35.3 Å². The third-order valence-electron chi connectivity index (χ3n) is 2.29. The van der Waals surface area contributed by atoms with Crippen LogP contribution in [0.25, 0.3) is 0 Å². The molecule has 2 amide bonds. The quantitative estimate of drug-likeness (QED) is 0.812. The number of halogens is 1. The Bertz CT molecular complexity index is 509. The molecule has 82 valence electrons. The highest BCUT2D eigenvalue weighted by molar-refractivity contribution is 6.35. The highest BCUT2D eigenvalue weighted by atomic mass is 35.5. The first-order valence-electron chi connectivity index (χ1n) is 4.75. The minimum atomic E-state index is -0.294. The van der Waals surface area contributed by atoms with Gasteiger partial charge >= 0.3 is 0 Å². The van der Waals surface area contributed by atoms with Crippen LogP contribution in [0.15, 0.2) is 17.1 Å². The van der Waals surface area contributed by atoms with Crippen molar-refractivity contribution in [2.45, 2.75) is 13.3 Å². The predicted molar refractivity (Wildman–Crippen MR) is 62.3 cm³/mol. The van der Waals surface area contributed by atoms with Gasteiger partial charge in [0, 0.05) is 25.1 Å². The first-order chi connectivity index (χ1) is 7.59. The van der Waals surface area contributed by atoms with Gasteiger partial charge in [0.05, 0.1) is 10.7 Å². The number of nitrogens with one attached hydrogen (secondary N) is 1. The van der Waals surface area contributed by atoms with Crippen molar-refractivity contribution < 1.29 is 9.59 Å². The molecule has 0 aliphatic carbocycles. The van der Waals surface area contributed by atoms with Gasteiger partial charge in [-0.1, -0.05) is 11.6 Å². The second-order valence-electron chi connectivity index (χ2n) is 3.46. The Labute approximate surface area is 97.3 Å². The van der Waals surface area contributed by atoms with Gasteiger partial charge in [0.25, 0.3) is 5.91 Å². The third kappa shape index (κ3) is 1.84. The summed E-state index contributed by atoms with van der Waals surface area (Å²) >= 11 is 6.11. The molecular weight excluding hydrogens is 228 g/mol.